The van der Waals surface area contributed by atoms with Crippen molar-refractivity contribution in [2.45, 2.75) is 31.9 Å². The molecule has 0 bridgehead atoms. The van der Waals surface area contributed by atoms with Crippen molar-refractivity contribution in [2.24, 2.45) is 5.73 Å². The van der Waals surface area contributed by atoms with E-state index in [9.17, 15) is 0 Å². The molecule has 0 aromatic heterocycles. The highest BCUT2D eigenvalue weighted by Gasteiger charge is 2.36. The molecule has 1 aliphatic rings. The second-order valence-corrected chi connectivity index (χ2v) is 5.60. The van der Waals surface area contributed by atoms with Gasteiger partial charge in [-0.3, -0.25) is 0 Å². The van der Waals surface area contributed by atoms with Crippen LogP contribution in [0, 0.1) is 0 Å². The van der Waals surface area contributed by atoms with Crippen molar-refractivity contribution in [3.05, 3.63) is 28.2 Å². The summed E-state index contributed by atoms with van der Waals surface area (Å²) in [7, 11) is 0. The molecule has 0 aliphatic carbocycles. The van der Waals surface area contributed by atoms with Crippen LogP contribution in [-0.4, -0.2) is 18.8 Å². The highest BCUT2D eigenvalue weighted by molar-refractivity contribution is 9.10. The number of benzene rings is 1. The summed E-state index contributed by atoms with van der Waals surface area (Å²) in [4.78, 5) is 0. The minimum absolute atomic E-state index is 0.00158. The van der Waals surface area contributed by atoms with Gasteiger partial charge in [0.15, 0.2) is 0 Å². The number of hydrogen-bond acceptors (Lipinski definition) is 3. The number of rotatable bonds is 3. The molecule has 2 N–H and O–H groups in total. The van der Waals surface area contributed by atoms with Crippen molar-refractivity contribution < 1.29 is 9.47 Å². The molecule has 94 valence electrons. The first kappa shape index (κ1) is 12.9. The smallest absolute Gasteiger partial charge is 0.131 e. The van der Waals surface area contributed by atoms with Crippen molar-refractivity contribution in [1.82, 2.24) is 0 Å². The Morgan fingerprint density at radius 2 is 2.35 bits per heavy atom. The molecular formula is C13H18BrNO2. The molecule has 0 amide bonds. The van der Waals surface area contributed by atoms with Crippen molar-refractivity contribution in [1.29, 1.82) is 0 Å². The Labute approximate surface area is 110 Å². The maximum absolute atomic E-state index is 6.21. The Morgan fingerprint density at radius 3 is 3.06 bits per heavy atom. The Hall–Kier alpha value is -0.580. The van der Waals surface area contributed by atoms with Crippen LogP contribution in [0.1, 0.15) is 31.9 Å². The Bertz CT molecular complexity index is 410. The minimum atomic E-state index is -0.323. The summed E-state index contributed by atoms with van der Waals surface area (Å²) in [5.74, 6) is 0.870. The fourth-order valence-corrected chi connectivity index (χ4v) is 2.57. The molecule has 0 spiro atoms. The summed E-state index contributed by atoms with van der Waals surface area (Å²) in [6.07, 6.45) is 0.774. The predicted octanol–water partition coefficient (Wildman–Crippen LogP) is 3.03. The first-order valence-corrected chi connectivity index (χ1v) is 6.65. The quantitative estimate of drug-likeness (QED) is 0.933. The molecule has 1 aliphatic heterocycles. The van der Waals surface area contributed by atoms with Crippen LogP contribution in [0.15, 0.2) is 22.7 Å². The van der Waals surface area contributed by atoms with E-state index in [0.29, 0.717) is 13.2 Å². The van der Waals surface area contributed by atoms with E-state index in [2.05, 4.69) is 15.9 Å². The van der Waals surface area contributed by atoms with Gasteiger partial charge >= 0.3 is 0 Å². The third kappa shape index (κ3) is 2.81. The van der Waals surface area contributed by atoms with Gasteiger partial charge in [-0.25, -0.2) is 0 Å². The third-order valence-electron chi connectivity index (χ3n) is 2.99. The van der Waals surface area contributed by atoms with E-state index in [1.807, 2.05) is 32.0 Å². The fourth-order valence-electron chi connectivity index (χ4n) is 2.19. The van der Waals surface area contributed by atoms with E-state index in [1.165, 1.54) is 0 Å². The van der Waals surface area contributed by atoms with E-state index in [4.69, 9.17) is 15.2 Å². The van der Waals surface area contributed by atoms with Gasteiger partial charge in [0.25, 0.3) is 0 Å². The van der Waals surface area contributed by atoms with Crippen LogP contribution in [-0.2, 0) is 4.74 Å². The standard InChI is InChI=1S/C13H18BrNO2/c1-3-16-8-13(2)7-11(15)10-6-9(14)4-5-12(10)17-13/h4-6,11H,3,7-8,15H2,1-2H3/t11-,13?/m0/s1. The molecule has 2 atom stereocenters. The lowest BCUT2D eigenvalue weighted by Crippen LogP contribution is -2.44. The second-order valence-electron chi connectivity index (χ2n) is 4.68. The van der Waals surface area contributed by atoms with Crippen LogP contribution in [0.3, 0.4) is 0 Å². The third-order valence-corrected chi connectivity index (χ3v) is 3.48. The summed E-state index contributed by atoms with van der Waals surface area (Å²) < 4.78 is 12.5. The Morgan fingerprint density at radius 1 is 1.59 bits per heavy atom. The molecule has 1 aromatic carbocycles. The summed E-state index contributed by atoms with van der Waals surface area (Å²) in [6, 6.07) is 5.96. The van der Waals surface area contributed by atoms with Crippen LogP contribution < -0.4 is 10.5 Å². The van der Waals surface area contributed by atoms with Gasteiger partial charge in [0.2, 0.25) is 0 Å². The molecule has 0 saturated carbocycles. The summed E-state index contributed by atoms with van der Waals surface area (Å²) in [6.45, 7) is 5.30. The highest BCUT2D eigenvalue weighted by atomic mass is 79.9. The number of hydrogen-bond donors (Lipinski definition) is 1. The molecular weight excluding hydrogens is 282 g/mol. The fraction of sp³-hybridized carbons (Fsp3) is 0.538. The normalized spacial score (nSPS) is 27.4. The van der Waals surface area contributed by atoms with Gasteiger partial charge in [0, 0.05) is 29.1 Å². The van der Waals surface area contributed by atoms with Gasteiger partial charge in [0.05, 0.1) is 6.61 Å². The number of nitrogens with two attached hydrogens (primary N) is 1. The number of ether oxygens (including phenoxy) is 2. The van der Waals surface area contributed by atoms with Crippen LogP contribution in [0.4, 0.5) is 0 Å². The summed E-state index contributed by atoms with van der Waals surface area (Å²) in [5.41, 5.74) is 6.95. The number of fused-ring (bicyclic) bond motifs is 1. The van der Waals surface area contributed by atoms with Gasteiger partial charge in [-0.15, -0.1) is 0 Å². The van der Waals surface area contributed by atoms with Crippen molar-refractivity contribution in [2.75, 3.05) is 13.2 Å². The second kappa shape index (κ2) is 4.96. The van der Waals surface area contributed by atoms with Crippen molar-refractivity contribution in [3.63, 3.8) is 0 Å². The lowest BCUT2D eigenvalue weighted by molar-refractivity contribution is -0.0302. The molecule has 4 heteroatoms. The maximum atomic E-state index is 6.21. The van der Waals surface area contributed by atoms with Gasteiger partial charge in [0.1, 0.15) is 11.4 Å². The molecule has 2 rings (SSSR count). The lowest BCUT2D eigenvalue weighted by Gasteiger charge is -2.38. The summed E-state index contributed by atoms with van der Waals surface area (Å²) in [5, 5.41) is 0. The zero-order valence-corrected chi connectivity index (χ0v) is 11.8. The molecule has 0 fully saturated rings. The van der Waals surface area contributed by atoms with E-state index in [1.54, 1.807) is 0 Å². The van der Waals surface area contributed by atoms with Crippen LogP contribution >= 0.6 is 15.9 Å². The Kier molecular flexibility index (Phi) is 3.76. The Balaban J connectivity index is 2.23. The van der Waals surface area contributed by atoms with Gasteiger partial charge in [-0.05, 0) is 32.0 Å². The van der Waals surface area contributed by atoms with Crippen molar-refractivity contribution in [3.8, 4) is 5.75 Å². The van der Waals surface area contributed by atoms with E-state index in [-0.39, 0.29) is 11.6 Å². The SMILES string of the molecule is CCOCC1(C)C[C@H](N)c2cc(Br)ccc2O1. The van der Waals surface area contributed by atoms with Crippen molar-refractivity contribution >= 4 is 15.9 Å². The molecule has 1 aromatic rings. The van der Waals surface area contributed by atoms with E-state index >= 15 is 0 Å². The largest absolute Gasteiger partial charge is 0.485 e. The first-order chi connectivity index (χ1) is 8.04. The average Bonchev–Trinajstić information content (AvgIpc) is 2.28. The molecule has 17 heavy (non-hydrogen) atoms. The monoisotopic (exact) mass is 299 g/mol. The zero-order valence-electron chi connectivity index (χ0n) is 10.2. The highest BCUT2D eigenvalue weighted by Crippen LogP contribution is 2.39. The predicted molar refractivity (Wildman–Crippen MR) is 71.2 cm³/mol. The number of halogens is 1. The topological polar surface area (TPSA) is 44.5 Å². The summed E-state index contributed by atoms with van der Waals surface area (Å²) >= 11 is 3.45. The maximum Gasteiger partial charge on any atom is 0.131 e. The molecule has 3 nitrogen and oxygen atoms in total. The zero-order chi connectivity index (χ0) is 12.5. The van der Waals surface area contributed by atoms with Gasteiger partial charge in [-0.1, -0.05) is 15.9 Å². The van der Waals surface area contributed by atoms with Crippen LogP contribution in [0.5, 0.6) is 5.75 Å². The molecule has 1 unspecified atom stereocenters. The van der Waals surface area contributed by atoms with E-state index in [0.717, 1.165) is 22.2 Å². The van der Waals surface area contributed by atoms with Gasteiger partial charge < -0.3 is 15.2 Å². The minimum Gasteiger partial charge on any atom is -0.485 e. The first-order valence-electron chi connectivity index (χ1n) is 5.86. The van der Waals surface area contributed by atoms with Gasteiger partial charge in [-0.2, -0.15) is 0 Å². The lowest BCUT2D eigenvalue weighted by atomic mass is 9.89. The van der Waals surface area contributed by atoms with Crippen LogP contribution in [0.2, 0.25) is 0 Å². The average molecular weight is 300 g/mol. The molecule has 0 radical (unpaired) electrons. The van der Waals surface area contributed by atoms with Crippen LogP contribution in [0.25, 0.3) is 0 Å². The molecule has 1 heterocycles. The molecule has 0 saturated heterocycles. The van der Waals surface area contributed by atoms with E-state index < -0.39 is 0 Å².